The van der Waals surface area contributed by atoms with Gasteiger partial charge in [-0.15, -0.1) is 0 Å². The maximum atomic E-state index is 12.9. The maximum absolute atomic E-state index is 12.9. The van der Waals surface area contributed by atoms with Crippen LogP contribution in [0.15, 0.2) is 27.6 Å². The molecule has 2 aliphatic heterocycles. The molecule has 178 valence electrons. The van der Waals surface area contributed by atoms with E-state index < -0.39 is 10.0 Å². The van der Waals surface area contributed by atoms with Crippen molar-refractivity contribution in [2.24, 2.45) is 0 Å². The van der Waals surface area contributed by atoms with Gasteiger partial charge in [0.05, 0.1) is 13.2 Å². The standard InChI is InChI=1S/C22H27N3O7S/c1-15-22(16(2)32-23-15)33(28,29)25-10-8-24(9-11-25)21(27)7-5-18(26)17-4-6-19-20(14-17)31-13-3-12-30-19/h4,6,14H,3,5,7-13H2,1-2H3. The van der Waals surface area contributed by atoms with E-state index in [1.54, 1.807) is 36.9 Å². The number of benzene rings is 1. The number of aromatic nitrogens is 1. The lowest BCUT2D eigenvalue weighted by Crippen LogP contribution is -2.50. The van der Waals surface area contributed by atoms with Gasteiger partial charge in [0, 0.05) is 51.0 Å². The molecule has 4 rings (SSSR count). The average molecular weight is 478 g/mol. The van der Waals surface area contributed by atoms with Crippen molar-refractivity contribution in [3.8, 4) is 11.5 Å². The summed E-state index contributed by atoms with van der Waals surface area (Å²) in [6, 6.07) is 5.05. The first-order chi connectivity index (χ1) is 15.8. The van der Waals surface area contributed by atoms with Crippen LogP contribution < -0.4 is 9.47 Å². The minimum Gasteiger partial charge on any atom is -0.490 e. The number of amides is 1. The van der Waals surface area contributed by atoms with Gasteiger partial charge in [-0.2, -0.15) is 4.31 Å². The van der Waals surface area contributed by atoms with Gasteiger partial charge in [-0.1, -0.05) is 5.16 Å². The molecule has 2 aromatic rings. The zero-order valence-corrected chi connectivity index (χ0v) is 19.5. The highest BCUT2D eigenvalue weighted by atomic mass is 32.2. The lowest BCUT2D eigenvalue weighted by molar-refractivity contribution is -0.132. The Hall–Kier alpha value is -2.92. The Morgan fingerprint density at radius 3 is 2.36 bits per heavy atom. The van der Waals surface area contributed by atoms with Gasteiger partial charge in [-0.05, 0) is 32.0 Å². The third kappa shape index (κ3) is 4.88. The summed E-state index contributed by atoms with van der Waals surface area (Å²) in [5, 5.41) is 3.72. The molecule has 11 heteroatoms. The molecule has 0 spiro atoms. The molecule has 0 aliphatic carbocycles. The molecule has 10 nitrogen and oxygen atoms in total. The number of piperazine rings is 1. The van der Waals surface area contributed by atoms with Gasteiger partial charge in [-0.3, -0.25) is 9.59 Å². The lowest BCUT2D eigenvalue weighted by atomic mass is 10.1. The Morgan fingerprint density at radius 2 is 1.70 bits per heavy atom. The highest BCUT2D eigenvalue weighted by molar-refractivity contribution is 7.89. The molecule has 0 unspecified atom stereocenters. The van der Waals surface area contributed by atoms with Crippen LogP contribution in [0.4, 0.5) is 0 Å². The summed E-state index contributed by atoms with van der Waals surface area (Å²) in [6.45, 7) is 5.13. The van der Waals surface area contributed by atoms with Crippen molar-refractivity contribution in [1.82, 2.24) is 14.4 Å². The van der Waals surface area contributed by atoms with Gasteiger partial charge in [0.15, 0.2) is 23.0 Å². The second-order valence-electron chi connectivity index (χ2n) is 8.07. The monoisotopic (exact) mass is 477 g/mol. The Balaban J connectivity index is 1.31. The van der Waals surface area contributed by atoms with Crippen LogP contribution in [0.2, 0.25) is 0 Å². The number of aryl methyl sites for hydroxylation is 2. The largest absolute Gasteiger partial charge is 0.490 e. The molecule has 0 atom stereocenters. The minimum absolute atomic E-state index is 0.0594. The van der Waals surface area contributed by atoms with E-state index in [2.05, 4.69) is 5.16 Å². The first-order valence-electron chi connectivity index (χ1n) is 10.9. The fraction of sp³-hybridized carbons (Fsp3) is 0.500. The van der Waals surface area contributed by atoms with Gasteiger partial charge < -0.3 is 18.9 Å². The van der Waals surface area contributed by atoms with Gasteiger partial charge in [0.25, 0.3) is 0 Å². The number of rotatable bonds is 6. The van der Waals surface area contributed by atoms with Gasteiger partial charge in [0.1, 0.15) is 10.6 Å². The predicted molar refractivity (Wildman–Crippen MR) is 117 cm³/mol. The topological polar surface area (TPSA) is 119 Å². The number of sulfonamides is 1. The predicted octanol–water partition coefficient (Wildman–Crippen LogP) is 1.95. The number of nitrogens with zero attached hydrogens (tertiary/aromatic N) is 3. The van der Waals surface area contributed by atoms with Crippen LogP contribution >= 0.6 is 0 Å². The summed E-state index contributed by atoms with van der Waals surface area (Å²) in [5.74, 6) is 1.08. The summed E-state index contributed by atoms with van der Waals surface area (Å²) >= 11 is 0. The van der Waals surface area contributed by atoms with Crippen LogP contribution in [0.3, 0.4) is 0 Å². The van der Waals surface area contributed by atoms with Crippen LogP contribution in [-0.4, -0.2) is 73.9 Å². The second kappa shape index (κ2) is 9.52. The molecule has 1 saturated heterocycles. The number of ketones is 1. The Kier molecular flexibility index (Phi) is 6.71. The van der Waals surface area contributed by atoms with Gasteiger partial charge in [0.2, 0.25) is 15.9 Å². The summed E-state index contributed by atoms with van der Waals surface area (Å²) in [5.41, 5.74) is 0.793. The number of ether oxygens (including phenoxy) is 2. The Bertz CT molecular complexity index is 1130. The molecule has 0 radical (unpaired) electrons. The molecule has 1 amide bonds. The zero-order valence-electron chi connectivity index (χ0n) is 18.7. The quantitative estimate of drug-likeness (QED) is 0.579. The number of hydrogen-bond acceptors (Lipinski definition) is 8. The van der Waals surface area contributed by atoms with Crippen LogP contribution in [0.25, 0.3) is 0 Å². The number of carbonyl (C=O) groups is 2. The van der Waals surface area contributed by atoms with E-state index in [0.29, 0.717) is 36.0 Å². The molecule has 0 N–H and O–H groups in total. The number of fused-ring (bicyclic) bond motifs is 1. The first-order valence-corrected chi connectivity index (χ1v) is 12.3. The van der Waals surface area contributed by atoms with E-state index in [1.807, 2.05) is 0 Å². The molecule has 0 bridgehead atoms. The highest BCUT2D eigenvalue weighted by Crippen LogP contribution is 2.31. The zero-order chi connectivity index (χ0) is 23.6. The molecule has 3 heterocycles. The molecular weight excluding hydrogens is 450 g/mol. The molecule has 1 aromatic carbocycles. The van der Waals surface area contributed by atoms with Crippen molar-refractivity contribution in [2.45, 2.75) is 38.0 Å². The van der Waals surface area contributed by atoms with Crippen molar-refractivity contribution in [3.05, 3.63) is 35.2 Å². The van der Waals surface area contributed by atoms with Crippen molar-refractivity contribution in [2.75, 3.05) is 39.4 Å². The fourth-order valence-electron chi connectivity index (χ4n) is 4.01. The van der Waals surface area contributed by atoms with Crippen molar-refractivity contribution < 1.29 is 32.0 Å². The second-order valence-corrected chi connectivity index (χ2v) is 9.95. The third-order valence-electron chi connectivity index (χ3n) is 5.79. The SMILES string of the molecule is Cc1noc(C)c1S(=O)(=O)N1CCN(C(=O)CCC(=O)c2ccc3c(c2)OCCCO3)CC1. The van der Waals surface area contributed by atoms with Crippen molar-refractivity contribution in [3.63, 3.8) is 0 Å². The normalized spacial score (nSPS) is 17.0. The van der Waals surface area contributed by atoms with E-state index in [-0.39, 0.29) is 61.4 Å². The molecular formula is C22H27N3O7S. The van der Waals surface area contributed by atoms with E-state index in [1.165, 1.54) is 4.31 Å². The molecule has 1 aromatic heterocycles. The van der Waals surface area contributed by atoms with Crippen LogP contribution in [0, 0.1) is 13.8 Å². The average Bonchev–Trinajstić information content (AvgIpc) is 3.00. The summed E-state index contributed by atoms with van der Waals surface area (Å²) < 4.78 is 43.4. The summed E-state index contributed by atoms with van der Waals surface area (Å²) in [6.07, 6.45) is 0.902. The molecule has 2 aliphatic rings. The van der Waals surface area contributed by atoms with Gasteiger partial charge in [-0.25, -0.2) is 8.42 Å². The summed E-state index contributed by atoms with van der Waals surface area (Å²) in [4.78, 5) is 26.9. The summed E-state index contributed by atoms with van der Waals surface area (Å²) in [7, 11) is -3.74. The fourth-order valence-corrected chi connectivity index (χ4v) is 5.72. The molecule has 1 fully saturated rings. The van der Waals surface area contributed by atoms with Crippen molar-refractivity contribution in [1.29, 1.82) is 0 Å². The maximum Gasteiger partial charge on any atom is 0.248 e. The van der Waals surface area contributed by atoms with E-state index in [9.17, 15) is 18.0 Å². The molecule has 33 heavy (non-hydrogen) atoms. The first kappa shape index (κ1) is 23.2. The van der Waals surface area contributed by atoms with Crippen molar-refractivity contribution >= 4 is 21.7 Å². The van der Waals surface area contributed by atoms with Crippen LogP contribution in [0.1, 0.15) is 41.1 Å². The van der Waals surface area contributed by atoms with Gasteiger partial charge >= 0.3 is 0 Å². The van der Waals surface area contributed by atoms with E-state index in [0.717, 1.165) is 6.42 Å². The van der Waals surface area contributed by atoms with Crippen LogP contribution in [0.5, 0.6) is 11.5 Å². The Labute approximate surface area is 192 Å². The third-order valence-corrected chi connectivity index (χ3v) is 7.94. The lowest BCUT2D eigenvalue weighted by Gasteiger charge is -2.34. The Morgan fingerprint density at radius 1 is 1.00 bits per heavy atom. The smallest absolute Gasteiger partial charge is 0.248 e. The highest BCUT2D eigenvalue weighted by Gasteiger charge is 2.34. The number of carbonyl (C=O) groups excluding carboxylic acids is 2. The van der Waals surface area contributed by atoms with E-state index in [4.69, 9.17) is 14.0 Å². The van der Waals surface area contributed by atoms with Crippen LogP contribution in [-0.2, 0) is 14.8 Å². The van der Waals surface area contributed by atoms with E-state index >= 15 is 0 Å². The molecule has 0 saturated carbocycles. The number of Topliss-reactive ketones (excluding diaryl/α,β-unsaturated/α-hetero) is 1. The number of hydrogen-bond donors (Lipinski definition) is 0. The minimum atomic E-state index is -3.74.